The van der Waals surface area contributed by atoms with Crippen LogP contribution in [-0.2, 0) is 16.6 Å². The first-order valence-corrected chi connectivity index (χ1v) is 7.22. The lowest BCUT2D eigenvalue weighted by atomic mass is 9.82. The molecule has 0 heterocycles. The molecule has 0 aromatic heterocycles. The Labute approximate surface area is 118 Å². The highest BCUT2D eigenvalue weighted by Crippen LogP contribution is 2.29. The van der Waals surface area contributed by atoms with Gasteiger partial charge in [-0.2, -0.15) is 0 Å². The van der Waals surface area contributed by atoms with Crippen LogP contribution in [0.25, 0.3) is 0 Å². The van der Waals surface area contributed by atoms with Crippen molar-refractivity contribution in [3.8, 4) is 0 Å². The summed E-state index contributed by atoms with van der Waals surface area (Å²) in [6.07, 6.45) is 3.00. The Morgan fingerprint density at radius 3 is 2.53 bits per heavy atom. The predicted octanol–water partition coefficient (Wildman–Crippen LogP) is 4.36. The van der Waals surface area contributed by atoms with Gasteiger partial charge in [0.15, 0.2) is 0 Å². The SMILES string of the molecule is CCC(C)(C)c1ccc(CC(C)C=O)c(I)c1. The van der Waals surface area contributed by atoms with Crippen LogP contribution in [0.15, 0.2) is 18.2 Å². The van der Waals surface area contributed by atoms with Crippen LogP contribution >= 0.6 is 22.6 Å². The molecule has 1 atom stereocenters. The van der Waals surface area contributed by atoms with Gasteiger partial charge in [0.2, 0.25) is 0 Å². The molecule has 94 valence electrons. The van der Waals surface area contributed by atoms with Crippen molar-refractivity contribution in [3.63, 3.8) is 0 Å². The van der Waals surface area contributed by atoms with E-state index in [9.17, 15) is 4.79 Å². The minimum absolute atomic E-state index is 0.105. The third kappa shape index (κ3) is 3.80. The third-order valence-electron chi connectivity index (χ3n) is 3.49. The molecule has 0 aliphatic rings. The minimum atomic E-state index is 0.105. The van der Waals surface area contributed by atoms with Gasteiger partial charge in [0.05, 0.1) is 0 Å². The smallest absolute Gasteiger partial charge is 0.123 e. The quantitative estimate of drug-likeness (QED) is 0.573. The molecule has 0 aliphatic heterocycles. The van der Waals surface area contributed by atoms with Crippen LogP contribution in [0.1, 0.15) is 45.2 Å². The topological polar surface area (TPSA) is 17.1 Å². The van der Waals surface area contributed by atoms with E-state index in [-0.39, 0.29) is 11.3 Å². The minimum Gasteiger partial charge on any atom is -0.303 e. The van der Waals surface area contributed by atoms with E-state index in [1.165, 1.54) is 14.7 Å². The maximum Gasteiger partial charge on any atom is 0.123 e. The van der Waals surface area contributed by atoms with Gasteiger partial charge in [0.1, 0.15) is 6.29 Å². The van der Waals surface area contributed by atoms with Gasteiger partial charge in [-0.15, -0.1) is 0 Å². The van der Waals surface area contributed by atoms with Crippen LogP contribution < -0.4 is 0 Å². The van der Waals surface area contributed by atoms with Crippen LogP contribution in [0.3, 0.4) is 0 Å². The molecule has 0 aliphatic carbocycles. The molecular weight excluding hydrogens is 323 g/mol. The van der Waals surface area contributed by atoms with Gasteiger partial charge in [-0.3, -0.25) is 0 Å². The molecule has 1 unspecified atom stereocenters. The average molecular weight is 344 g/mol. The van der Waals surface area contributed by atoms with Gasteiger partial charge in [-0.1, -0.05) is 39.8 Å². The highest BCUT2D eigenvalue weighted by molar-refractivity contribution is 14.1. The Morgan fingerprint density at radius 2 is 2.06 bits per heavy atom. The average Bonchev–Trinajstić information content (AvgIpc) is 2.31. The molecule has 0 radical (unpaired) electrons. The Balaban J connectivity index is 2.98. The standard InChI is InChI=1S/C15H21IO/c1-5-15(3,4)13-7-6-12(14(16)9-13)8-11(2)10-17/h6-7,9-11H,5,8H2,1-4H3. The largest absolute Gasteiger partial charge is 0.303 e. The molecule has 0 fully saturated rings. The highest BCUT2D eigenvalue weighted by atomic mass is 127. The molecule has 1 nitrogen and oxygen atoms in total. The second kappa shape index (κ2) is 5.98. The summed E-state index contributed by atoms with van der Waals surface area (Å²) in [6, 6.07) is 6.64. The molecule has 2 heteroatoms. The Kier molecular flexibility index (Phi) is 5.17. The predicted molar refractivity (Wildman–Crippen MR) is 81.4 cm³/mol. The summed E-state index contributed by atoms with van der Waals surface area (Å²) < 4.78 is 1.27. The second-order valence-electron chi connectivity index (χ2n) is 5.36. The number of benzene rings is 1. The van der Waals surface area contributed by atoms with Gasteiger partial charge in [0, 0.05) is 9.49 Å². The van der Waals surface area contributed by atoms with Crippen LogP contribution in [0.4, 0.5) is 0 Å². The lowest BCUT2D eigenvalue weighted by Crippen LogP contribution is -2.16. The van der Waals surface area contributed by atoms with E-state index in [0.29, 0.717) is 0 Å². The number of carbonyl (C=O) groups is 1. The number of aldehydes is 1. The first-order valence-electron chi connectivity index (χ1n) is 6.15. The Morgan fingerprint density at radius 1 is 1.41 bits per heavy atom. The summed E-state index contributed by atoms with van der Waals surface area (Å²) in [5.41, 5.74) is 2.89. The third-order valence-corrected chi connectivity index (χ3v) is 4.50. The van der Waals surface area contributed by atoms with Crippen molar-refractivity contribution >= 4 is 28.9 Å². The van der Waals surface area contributed by atoms with E-state index < -0.39 is 0 Å². The van der Waals surface area contributed by atoms with Crippen LogP contribution in [0.2, 0.25) is 0 Å². The molecule has 0 bridgehead atoms. The summed E-state index contributed by atoms with van der Waals surface area (Å²) in [5, 5.41) is 0. The van der Waals surface area contributed by atoms with Gasteiger partial charge in [-0.25, -0.2) is 0 Å². The zero-order chi connectivity index (χ0) is 13.1. The summed E-state index contributed by atoms with van der Waals surface area (Å²) >= 11 is 2.38. The van der Waals surface area contributed by atoms with Crippen molar-refractivity contribution in [1.29, 1.82) is 0 Å². The van der Waals surface area contributed by atoms with Gasteiger partial charge >= 0.3 is 0 Å². The zero-order valence-electron chi connectivity index (χ0n) is 11.1. The van der Waals surface area contributed by atoms with Crippen molar-refractivity contribution in [2.75, 3.05) is 0 Å². The molecular formula is C15H21IO. The maximum absolute atomic E-state index is 10.7. The molecule has 1 aromatic rings. The van der Waals surface area contributed by atoms with Crippen LogP contribution in [0.5, 0.6) is 0 Å². The summed E-state index contributed by atoms with van der Waals surface area (Å²) in [7, 11) is 0. The van der Waals surface area contributed by atoms with E-state index in [4.69, 9.17) is 0 Å². The van der Waals surface area contributed by atoms with E-state index in [1.54, 1.807) is 0 Å². The van der Waals surface area contributed by atoms with Crippen LogP contribution in [-0.4, -0.2) is 6.29 Å². The van der Waals surface area contributed by atoms with E-state index in [0.717, 1.165) is 19.1 Å². The monoisotopic (exact) mass is 344 g/mol. The fraction of sp³-hybridized carbons (Fsp3) is 0.533. The zero-order valence-corrected chi connectivity index (χ0v) is 13.2. The van der Waals surface area contributed by atoms with Gasteiger partial charge < -0.3 is 4.79 Å². The number of hydrogen-bond donors (Lipinski definition) is 0. The Bertz CT molecular complexity index is 396. The van der Waals surface area contributed by atoms with Crippen molar-refractivity contribution in [2.45, 2.75) is 46.0 Å². The molecule has 17 heavy (non-hydrogen) atoms. The van der Waals surface area contributed by atoms with Gasteiger partial charge in [0.25, 0.3) is 0 Å². The van der Waals surface area contributed by atoms with Crippen molar-refractivity contribution < 1.29 is 4.79 Å². The summed E-state index contributed by atoms with van der Waals surface area (Å²) in [6.45, 7) is 8.72. The number of carbonyl (C=O) groups excluding carboxylic acids is 1. The van der Waals surface area contributed by atoms with E-state index in [1.807, 2.05) is 6.92 Å². The lowest BCUT2D eigenvalue weighted by molar-refractivity contribution is -0.110. The van der Waals surface area contributed by atoms with E-state index in [2.05, 4.69) is 61.6 Å². The summed E-state index contributed by atoms with van der Waals surface area (Å²) in [4.78, 5) is 10.7. The molecule has 0 spiro atoms. The highest BCUT2D eigenvalue weighted by Gasteiger charge is 2.19. The number of rotatable bonds is 5. The fourth-order valence-electron chi connectivity index (χ4n) is 1.73. The fourth-order valence-corrected chi connectivity index (χ4v) is 2.47. The lowest BCUT2D eigenvalue weighted by Gasteiger charge is -2.24. The molecule has 1 rings (SSSR count). The van der Waals surface area contributed by atoms with Crippen molar-refractivity contribution in [3.05, 3.63) is 32.9 Å². The number of halogens is 1. The number of hydrogen-bond acceptors (Lipinski definition) is 1. The molecule has 0 saturated heterocycles. The second-order valence-corrected chi connectivity index (χ2v) is 6.52. The van der Waals surface area contributed by atoms with Crippen molar-refractivity contribution in [1.82, 2.24) is 0 Å². The molecule has 1 aromatic carbocycles. The first kappa shape index (κ1) is 14.7. The molecule has 0 saturated carbocycles. The summed E-state index contributed by atoms with van der Waals surface area (Å²) in [5.74, 6) is 0.105. The Hall–Kier alpha value is -0.380. The van der Waals surface area contributed by atoms with Crippen LogP contribution in [0, 0.1) is 9.49 Å². The normalized spacial score (nSPS) is 13.5. The first-order chi connectivity index (χ1) is 7.90. The van der Waals surface area contributed by atoms with E-state index >= 15 is 0 Å². The molecule has 0 N–H and O–H groups in total. The maximum atomic E-state index is 10.7. The van der Waals surface area contributed by atoms with Gasteiger partial charge in [-0.05, 0) is 58.0 Å². The molecule has 0 amide bonds. The van der Waals surface area contributed by atoms with Crippen molar-refractivity contribution in [2.24, 2.45) is 5.92 Å².